The van der Waals surface area contributed by atoms with Gasteiger partial charge in [0.1, 0.15) is 30.4 Å². The topological polar surface area (TPSA) is 102 Å². The molecule has 0 fully saturated rings. The van der Waals surface area contributed by atoms with Crippen molar-refractivity contribution in [1.82, 2.24) is 5.32 Å². The minimum Gasteiger partial charge on any atom is -0.467 e. The summed E-state index contributed by atoms with van der Waals surface area (Å²) in [6.07, 6.45) is 8.75. The SMILES string of the molecule is COC(=O)[C@@H](CC[P+](=O)O)NC(=O)OCC1=CC=[C+]C=C1. The Morgan fingerprint density at radius 1 is 1.52 bits per heavy atom. The van der Waals surface area contributed by atoms with Crippen molar-refractivity contribution in [3.05, 3.63) is 36.0 Å². The summed E-state index contributed by atoms with van der Waals surface area (Å²) in [5.41, 5.74) is 0.775. The molecular weight excluding hydrogens is 297 g/mol. The highest BCUT2D eigenvalue weighted by atomic mass is 31.1. The number of amides is 1. The fourth-order valence-electron chi connectivity index (χ4n) is 1.48. The molecule has 0 saturated heterocycles. The van der Waals surface area contributed by atoms with Crippen LogP contribution in [0.2, 0.25) is 0 Å². The Bertz CT molecular complexity index is 497. The van der Waals surface area contributed by atoms with E-state index >= 15 is 0 Å². The number of hydrogen-bond donors (Lipinski definition) is 2. The molecule has 112 valence electrons. The molecule has 1 aliphatic rings. The summed E-state index contributed by atoms with van der Waals surface area (Å²) < 4.78 is 20.1. The molecule has 2 atom stereocenters. The maximum Gasteiger partial charge on any atom is 0.505 e. The molecule has 0 radical (unpaired) electrons. The van der Waals surface area contributed by atoms with Gasteiger partial charge in [-0.3, -0.25) is 0 Å². The molecule has 7 nitrogen and oxygen atoms in total. The number of hydrogen-bond acceptors (Lipinski definition) is 5. The average Bonchev–Trinajstić information content (AvgIpc) is 2.49. The lowest BCUT2D eigenvalue weighted by Crippen LogP contribution is -2.42. The molecule has 0 saturated carbocycles. The highest BCUT2D eigenvalue weighted by molar-refractivity contribution is 7.37. The third-order valence-corrected chi connectivity index (χ3v) is 3.18. The van der Waals surface area contributed by atoms with Crippen LogP contribution in [0.3, 0.4) is 0 Å². The number of carbonyl (C=O) groups is 2. The van der Waals surface area contributed by atoms with Gasteiger partial charge < -0.3 is 14.8 Å². The van der Waals surface area contributed by atoms with E-state index in [2.05, 4.69) is 16.1 Å². The zero-order valence-corrected chi connectivity index (χ0v) is 12.3. The van der Waals surface area contributed by atoms with E-state index in [-0.39, 0.29) is 19.2 Å². The van der Waals surface area contributed by atoms with Gasteiger partial charge in [-0.15, -0.1) is 0 Å². The second-order valence-electron chi connectivity index (χ2n) is 4.07. The smallest absolute Gasteiger partial charge is 0.467 e. The highest BCUT2D eigenvalue weighted by Gasteiger charge is 2.26. The Morgan fingerprint density at radius 2 is 2.29 bits per heavy atom. The molecule has 0 spiro atoms. The number of carbonyl (C=O) groups excluding carboxylic acids is 2. The van der Waals surface area contributed by atoms with E-state index < -0.39 is 26.1 Å². The number of alkyl carbamates (subject to hydrolysis) is 1. The summed E-state index contributed by atoms with van der Waals surface area (Å²) >= 11 is 0. The summed E-state index contributed by atoms with van der Waals surface area (Å²) in [7, 11) is -1.22. The predicted octanol–water partition coefficient (Wildman–Crippen LogP) is 1.23. The number of esters is 1. The minimum absolute atomic E-state index is 0.00618. The van der Waals surface area contributed by atoms with Crippen molar-refractivity contribution < 1.29 is 28.5 Å². The van der Waals surface area contributed by atoms with Crippen LogP contribution in [0.25, 0.3) is 0 Å². The van der Waals surface area contributed by atoms with Crippen LogP contribution >= 0.6 is 8.03 Å². The zero-order valence-electron chi connectivity index (χ0n) is 11.4. The van der Waals surface area contributed by atoms with Crippen LogP contribution in [0.5, 0.6) is 0 Å². The number of nitrogens with one attached hydrogen (secondary N) is 1. The van der Waals surface area contributed by atoms with Crippen LogP contribution in [-0.2, 0) is 18.8 Å². The number of ether oxygens (including phenoxy) is 2. The molecule has 8 heteroatoms. The van der Waals surface area contributed by atoms with Gasteiger partial charge in [0.25, 0.3) is 0 Å². The van der Waals surface area contributed by atoms with E-state index in [0.29, 0.717) is 0 Å². The molecule has 0 aromatic rings. The van der Waals surface area contributed by atoms with E-state index in [1.165, 1.54) is 7.11 Å². The Hall–Kier alpha value is -2.07. The first-order valence-corrected chi connectivity index (χ1v) is 7.52. The van der Waals surface area contributed by atoms with Gasteiger partial charge in [-0.05, 0) is 4.57 Å². The molecule has 0 aliphatic heterocycles. The lowest BCUT2D eigenvalue weighted by molar-refractivity contribution is -0.143. The van der Waals surface area contributed by atoms with E-state index in [9.17, 15) is 14.2 Å². The van der Waals surface area contributed by atoms with Crippen LogP contribution in [0.1, 0.15) is 6.42 Å². The second kappa shape index (κ2) is 8.97. The molecule has 2 N–H and O–H groups in total. The predicted molar refractivity (Wildman–Crippen MR) is 74.6 cm³/mol. The monoisotopic (exact) mass is 313 g/mol. The summed E-state index contributed by atoms with van der Waals surface area (Å²) in [6.45, 7) is 0.0443. The molecule has 0 heterocycles. The lowest BCUT2D eigenvalue weighted by Gasteiger charge is -2.14. The van der Waals surface area contributed by atoms with Gasteiger partial charge in [0.2, 0.25) is 0 Å². The van der Waals surface area contributed by atoms with Gasteiger partial charge in [-0.25, -0.2) is 9.59 Å². The summed E-state index contributed by atoms with van der Waals surface area (Å²) in [5.74, 6) is -0.696. The van der Waals surface area contributed by atoms with Gasteiger partial charge in [0.15, 0.2) is 6.16 Å². The van der Waals surface area contributed by atoms with Crippen LogP contribution < -0.4 is 5.32 Å². The molecule has 1 amide bonds. The van der Waals surface area contributed by atoms with Gasteiger partial charge >= 0.3 is 20.1 Å². The third kappa shape index (κ3) is 6.77. The van der Waals surface area contributed by atoms with Crippen LogP contribution in [-0.4, -0.2) is 42.9 Å². The minimum atomic E-state index is -2.39. The first-order chi connectivity index (χ1) is 10.0. The quantitative estimate of drug-likeness (QED) is 0.416. The van der Waals surface area contributed by atoms with Gasteiger partial charge in [-0.2, -0.15) is 4.89 Å². The standard InChI is InChI=1S/C13H14NO6P/c1-19-12(15)11(7-8-21(17)18)14-13(16)20-9-10-5-3-2-4-6-10/h3-6,11H,7-9H2,1H3/p+2/t11-/m1/s1. The maximum atomic E-state index is 11.6. The van der Waals surface area contributed by atoms with Gasteiger partial charge in [0.05, 0.1) is 19.3 Å². The molecule has 0 aromatic carbocycles. The first-order valence-electron chi connectivity index (χ1n) is 6.12. The van der Waals surface area contributed by atoms with Crippen molar-refractivity contribution in [2.75, 3.05) is 19.9 Å². The normalized spacial score (nSPS) is 14.6. The average molecular weight is 313 g/mol. The van der Waals surface area contributed by atoms with Gasteiger partial charge in [0, 0.05) is 12.5 Å². The van der Waals surface area contributed by atoms with E-state index in [1.807, 2.05) is 0 Å². The summed E-state index contributed by atoms with van der Waals surface area (Å²) in [4.78, 5) is 31.8. The molecule has 0 bridgehead atoms. The number of methoxy groups -OCH3 is 1. The fraction of sp³-hybridized carbons (Fsp3) is 0.385. The van der Waals surface area contributed by atoms with E-state index in [4.69, 9.17) is 9.63 Å². The summed E-state index contributed by atoms with van der Waals surface area (Å²) in [5, 5.41) is 2.31. The molecule has 1 rings (SSSR count). The van der Waals surface area contributed by atoms with Gasteiger partial charge in [-0.1, -0.05) is 0 Å². The number of rotatable bonds is 7. The molecular formula is C13H16NO6P+2. The Balaban J connectivity index is 2.45. The lowest BCUT2D eigenvalue weighted by atomic mass is 10.2. The second-order valence-corrected chi connectivity index (χ2v) is 5.22. The van der Waals surface area contributed by atoms with Crippen molar-refractivity contribution in [2.24, 2.45) is 0 Å². The fourth-order valence-corrected chi connectivity index (χ4v) is 1.96. The maximum absolute atomic E-state index is 11.6. The van der Waals surface area contributed by atoms with Crippen LogP contribution in [0.4, 0.5) is 4.79 Å². The Morgan fingerprint density at radius 3 is 2.86 bits per heavy atom. The number of allylic oxidation sites excluding steroid dienone is 4. The van der Waals surface area contributed by atoms with Crippen molar-refractivity contribution in [3.8, 4) is 0 Å². The van der Waals surface area contributed by atoms with Crippen LogP contribution in [0.15, 0.2) is 29.9 Å². The van der Waals surface area contributed by atoms with E-state index in [1.54, 1.807) is 24.3 Å². The Kier molecular flexibility index (Phi) is 7.26. The molecule has 21 heavy (non-hydrogen) atoms. The first kappa shape index (κ1) is 17.0. The largest absolute Gasteiger partial charge is 0.505 e. The summed E-state index contributed by atoms with van der Waals surface area (Å²) in [6, 6.07) is -1.02. The van der Waals surface area contributed by atoms with Crippen molar-refractivity contribution in [2.45, 2.75) is 12.5 Å². The Labute approximate surface area is 123 Å². The molecule has 1 unspecified atom stereocenters. The van der Waals surface area contributed by atoms with Crippen molar-refractivity contribution in [1.29, 1.82) is 0 Å². The highest BCUT2D eigenvalue weighted by Crippen LogP contribution is 2.15. The molecule has 0 aromatic heterocycles. The van der Waals surface area contributed by atoms with Crippen molar-refractivity contribution >= 4 is 20.1 Å². The molecule has 1 aliphatic carbocycles. The zero-order chi connectivity index (χ0) is 15.7. The van der Waals surface area contributed by atoms with Crippen LogP contribution in [0, 0.1) is 6.08 Å². The van der Waals surface area contributed by atoms with E-state index in [0.717, 1.165) is 5.57 Å². The third-order valence-electron chi connectivity index (χ3n) is 2.54. The van der Waals surface area contributed by atoms with Crippen molar-refractivity contribution in [3.63, 3.8) is 0 Å².